The van der Waals surface area contributed by atoms with Crippen molar-refractivity contribution in [3.8, 4) is 5.75 Å². The number of ether oxygens (including phenoxy) is 1. The van der Waals surface area contributed by atoms with Crippen LogP contribution in [0.2, 0.25) is 5.02 Å². The Morgan fingerprint density at radius 2 is 2.11 bits per heavy atom. The highest BCUT2D eigenvalue weighted by Gasteiger charge is 2.08. The highest BCUT2D eigenvalue weighted by molar-refractivity contribution is 6.30. The number of halogens is 1. The van der Waals surface area contributed by atoms with Crippen LogP contribution in [0.3, 0.4) is 0 Å². The number of nitrogens with one attached hydrogen (secondary N) is 1. The van der Waals surface area contributed by atoms with E-state index in [1.54, 1.807) is 7.11 Å². The largest absolute Gasteiger partial charge is 0.495 e. The lowest BCUT2D eigenvalue weighted by atomic mass is 9.99. The van der Waals surface area contributed by atoms with E-state index in [0.29, 0.717) is 5.92 Å². The Bertz CT molecular complexity index is 354. The van der Waals surface area contributed by atoms with Gasteiger partial charge in [-0.05, 0) is 30.5 Å². The van der Waals surface area contributed by atoms with Crippen LogP contribution in [0.5, 0.6) is 5.75 Å². The third kappa shape index (κ3) is 4.77. The van der Waals surface area contributed by atoms with Gasteiger partial charge in [0.15, 0.2) is 0 Å². The third-order valence-electron chi connectivity index (χ3n) is 3.29. The highest BCUT2D eigenvalue weighted by atomic mass is 35.5. The highest BCUT2D eigenvalue weighted by Crippen LogP contribution is 2.28. The Morgan fingerprint density at radius 3 is 2.72 bits per heavy atom. The van der Waals surface area contributed by atoms with Gasteiger partial charge >= 0.3 is 0 Å². The van der Waals surface area contributed by atoms with Crippen molar-refractivity contribution >= 4 is 17.3 Å². The third-order valence-corrected chi connectivity index (χ3v) is 3.52. The fraction of sp³-hybridized carbons (Fsp3) is 0.600. The Labute approximate surface area is 116 Å². The average Bonchev–Trinajstić information content (AvgIpc) is 2.39. The quantitative estimate of drug-likeness (QED) is 0.719. The van der Waals surface area contributed by atoms with Crippen LogP contribution < -0.4 is 10.1 Å². The van der Waals surface area contributed by atoms with E-state index in [0.717, 1.165) is 23.0 Å². The fourth-order valence-corrected chi connectivity index (χ4v) is 2.19. The van der Waals surface area contributed by atoms with E-state index in [2.05, 4.69) is 19.2 Å². The minimum atomic E-state index is 0.716. The van der Waals surface area contributed by atoms with E-state index in [-0.39, 0.29) is 0 Å². The molecule has 3 heteroatoms. The van der Waals surface area contributed by atoms with Gasteiger partial charge in [0.2, 0.25) is 0 Å². The Hall–Kier alpha value is -0.890. The summed E-state index contributed by atoms with van der Waals surface area (Å²) >= 11 is 6.01. The molecule has 0 radical (unpaired) electrons. The monoisotopic (exact) mass is 269 g/mol. The number of hydrogen-bond donors (Lipinski definition) is 1. The van der Waals surface area contributed by atoms with Gasteiger partial charge in [0.1, 0.15) is 5.75 Å². The van der Waals surface area contributed by atoms with Gasteiger partial charge in [-0.25, -0.2) is 0 Å². The first-order valence-corrected chi connectivity index (χ1v) is 7.16. The first-order valence-electron chi connectivity index (χ1n) is 6.78. The molecule has 102 valence electrons. The molecule has 18 heavy (non-hydrogen) atoms. The van der Waals surface area contributed by atoms with Gasteiger partial charge in [-0.15, -0.1) is 0 Å². The molecule has 1 aromatic rings. The molecule has 0 saturated heterocycles. The van der Waals surface area contributed by atoms with Crippen molar-refractivity contribution < 1.29 is 4.74 Å². The van der Waals surface area contributed by atoms with Gasteiger partial charge in [-0.1, -0.05) is 44.7 Å². The predicted molar refractivity (Wildman–Crippen MR) is 79.8 cm³/mol. The lowest BCUT2D eigenvalue weighted by molar-refractivity contribution is 0.415. The maximum Gasteiger partial charge on any atom is 0.142 e. The molecule has 1 rings (SSSR count). The second-order valence-corrected chi connectivity index (χ2v) is 5.08. The maximum absolute atomic E-state index is 6.01. The van der Waals surface area contributed by atoms with E-state index in [1.165, 1.54) is 25.7 Å². The molecule has 0 aliphatic heterocycles. The van der Waals surface area contributed by atoms with Crippen molar-refractivity contribution in [1.29, 1.82) is 0 Å². The number of hydrogen-bond acceptors (Lipinski definition) is 2. The van der Waals surface area contributed by atoms with E-state index in [1.807, 2.05) is 18.2 Å². The van der Waals surface area contributed by atoms with Crippen LogP contribution in [0.25, 0.3) is 0 Å². The molecule has 0 amide bonds. The molecule has 0 bridgehead atoms. The van der Waals surface area contributed by atoms with Crippen LogP contribution >= 0.6 is 11.6 Å². The molecule has 0 heterocycles. The summed E-state index contributed by atoms with van der Waals surface area (Å²) in [6.07, 6.45) is 5.04. The number of methoxy groups -OCH3 is 1. The predicted octanol–water partition coefficient (Wildman–Crippen LogP) is 4.98. The Morgan fingerprint density at radius 1 is 1.33 bits per heavy atom. The Kier molecular flexibility index (Phi) is 6.96. The molecule has 2 nitrogen and oxygen atoms in total. The van der Waals surface area contributed by atoms with Crippen LogP contribution in [0, 0.1) is 5.92 Å². The van der Waals surface area contributed by atoms with Crippen molar-refractivity contribution in [1.82, 2.24) is 0 Å². The summed E-state index contributed by atoms with van der Waals surface area (Å²) in [6.45, 7) is 5.46. The van der Waals surface area contributed by atoms with Gasteiger partial charge in [0.25, 0.3) is 0 Å². The van der Waals surface area contributed by atoms with Crippen molar-refractivity contribution in [2.45, 2.75) is 39.5 Å². The summed E-state index contributed by atoms with van der Waals surface area (Å²) in [7, 11) is 1.68. The summed E-state index contributed by atoms with van der Waals surface area (Å²) in [5.41, 5.74) is 0.986. The molecular formula is C15H24ClNO. The second kappa shape index (κ2) is 8.25. The number of unbranched alkanes of at least 4 members (excludes halogenated alkanes) is 1. The molecule has 1 unspecified atom stereocenters. The van der Waals surface area contributed by atoms with Gasteiger partial charge in [-0.2, -0.15) is 0 Å². The normalized spacial score (nSPS) is 12.2. The van der Waals surface area contributed by atoms with Crippen molar-refractivity contribution in [2.75, 3.05) is 19.0 Å². The average molecular weight is 270 g/mol. The van der Waals surface area contributed by atoms with Crippen LogP contribution in [0.4, 0.5) is 5.69 Å². The summed E-state index contributed by atoms with van der Waals surface area (Å²) in [6, 6.07) is 5.67. The lowest BCUT2D eigenvalue weighted by Crippen LogP contribution is -2.14. The van der Waals surface area contributed by atoms with E-state index < -0.39 is 0 Å². The first kappa shape index (κ1) is 15.2. The molecule has 0 aromatic heterocycles. The zero-order valence-electron chi connectivity index (χ0n) is 11.6. The zero-order valence-corrected chi connectivity index (χ0v) is 12.4. The molecule has 1 atom stereocenters. The van der Waals surface area contributed by atoms with Crippen molar-refractivity contribution in [3.05, 3.63) is 23.2 Å². The van der Waals surface area contributed by atoms with Crippen LogP contribution in [-0.4, -0.2) is 13.7 Å². The summed E-state index contributed by atoms with van der Waals surface area (Å²) in [5, 5.41) is 4.19. The van der Waals surface area contributed by atoms with Crippen LogP contribution in [-0.2, 0) is 0 Å². The van der Waals surface area contributed by atoms with Crippen molar-refractivity contribution in [2.24, 2.45) is 5.92 Å². The summed E-state index contributed by atoms with van der Waals surface area (Å²) in [5.74, 6) is 1.57. The first-order chi connectivity index (χ1) is 8.71. The minimum absolute atomic E-state index is 0.716. The smallest absolute Gasteiger partial charge is 0.142 e. The molecular weight excluding hydrogens is 246 g/mol. The molecule has 0 fully saturated rings. The fourth-order valence-electron chi connectivity index (χ4n) is 2.02. The molecule has 0 aliphatic rings. The topological polar surface area (TPSA) is 21.3 Å². The van der Waals surface area contributed by atoms with Crippen LogP contribution in [0.15, 0.2) is 18.2 Å². The van der Waals surface area contributed by atoms with E-state index >= 15 is 0 Å². The number of anilines is 1. The van der Waals surface area contributed by atoms with Gasteiger partial charge < -0.3 is 10.1 Å². The summed E-state index contributed by atoms with van der Waals surface area (Å²) < 4.78 is 5.33. The second-order valence-electron chi connectivity index (χ2n) is 4.64. The van der Waals surface area contributed by atoms with E-state index in [4.69, 9.17) is 16.3 Å². The zero-order chi connectivity index (χ0) is 13.4. The lowest BCUT2D eigenvalue weighted by Gasteiger charge is -2.17. The number of rotatable bonds is 8. The molecule has 0 aliphatic carbocycles. The van der Waals surface area contributed by atoms with E-state index in [9.17, 15) is 0 Å². The van der Waals surface area contributed by atoms with Crippen molar-refractivity contribution in [3.63, 3.8) is 0 Å². The van der Waals surface area contributed by atoms with Gasteiger partial charge in [-0.3, -0.25) is 0 Å². The Balaban J connectivity index is 2.57. The number of benzene rings is 1. The molecule has 1 aromatic carbocycles. The molecule has 0 spiro atoms. The minimum Gasteiger partial charge on any atom is -0.495 e. The standard InChI is InChI=1S/C15H24ClNO/c1-4-6-7-12(5-2)11-17-14-10-13(16)8-9-15(14)18-3/h8-10,12,17H,4-7,11H2,1-3H3. The van der Waals surface area contributed by atoms with Gasteiger partial charge in [0.05, 0.1) is 12.8 Å². The SMILES string of the molecule is CCCCC(CC)CNc1cc(Cl)ccc1OC. The maximum atomic E-state index is 6.01. The van der Waals surface area contributed by atoms with Gasteiger partial charge in [0, 0.05) is 11.6 Å². The summed E-state index contributed by atoms with van der Waals surface area (Å²) in [4.78, 5) is 0. The molecule has 0 saturated carbocycles. The molecule has 1 N–H and O–H groups in total. The van der Waals surface area contributed by atoms with Crippen LogP contribution in [0.1, 0.15) is 39.5 Å².